The molecule has 1 N–H and O–H groups in total. The average Bonchev–Trinajstić information content (AvgIpc) is 2.22. The summed E-state index contributed by atoms with van der Waals surface area (Å²) in [5, 5.41) is 2.96. The molecule has 0 fully saturated rings. The van der Waals surface area contributed by atoms with Crippen molar-refractivity contribution in [2.75, 3.05) is 25.1 Å². The van der Waals surface area contributed by atoms with Gasteiger partial charge in [-0.3, -0.25) is 9.36 Å². The molecule has 17 heavy (non-hydrogen) atoms. The van der Waals surface area contributed by atoms with Gasteiger partial charge in [-0.1, -0.05) is 0 Å². The van der Waals surface area contributed by atoms with Crippen molar-refractivity contribution in [1.82, 2.24) is 14.9 Å². The highest BCUT2D eigenvalue weighted by Gasteiger charge is 2.02. The molecular weight excluding hydrogens is 310 g/mol. The van der Waals surface area contributed by atoms with Crippen LogP contribution in [0.2, 0.25) is 0 Å². The van der Waals surface area contributed by atoms with Crippen LogP contribution in [-0.4, -0.2) is 43.1 Å². The van der Waals surface area contributed by atoms with Crippen molar-refractivity contribution in [3.63, 3.8) is 0 Å². The van der Waals surface area contributed by atoms with Gasteiger partial charge in [0.2, 0.25) is 0 Å². The first-order chi connectivity index (χ1) is 7.90. The molecular formula is C9H14BrN3O3S. The molecule has 0 saturated carbocycles. The highest BCUT2D eigenvalue weighted by atomic mass is 79.9. The van der Waals surface area contributed by atoms with E-state index in [4.69, 9.17) is 0 Å². The van der Waals surface area contributed by atoms with Crippen molar-refractivity contribution in [3.05, 3.63) is 27.4 Å². The molecule has 8 heteroatoms. The van der Waals surface area contributed by atoms with E-state index in [-0.39, 0.29) is 11.3 Å². The second kappa shape index (κ2) is 6.27. The summed E-state index contributed by atoms with van der Waals surface area (Å²) in [6.07, 6.45) is 4.08. The molecule has 0 spiro atoms. The van der Waals surface area contributed by atoms with Crippen LogP contribution in [0.4, 0.5) is 0 Å². The van der Waals surface area contributed by atoms with Crippen LogP contribution in [0.1, 0.15) is 0 Å². The van der Waals surface area contributed by atoms with Gasteiger partial charge < -0.3 is 5.32 Å². The summed E-state index contributed by atoms with van der Waals surface area (Å²) in [7, 11) is -2.93. The molecule has 0 bridgehead atoms. The van der Waals surface area contributed by atoms with E-state index in [1.165, 1.54) is 23.3 Å². The standard InChI is InChI=1S/C9H14BrN3O3S/c1-17(15,16)5-3-11-2-4-13-7-12-6-8(10)9(13)14/h6-7,11H,2-5H2,1H3. The number of sulfone groups is 1. The van der Waals surface area contributed by atoms with E-state index >= 15 is 0 Å². The van der Waals surface area contributed by atoms with Crippen LogP contribution in [0.15, 0.2) is 21.8 Å². The Labute approximate surface area is 108 Å². The third kappa shape index (κ3) is 5.42. The summed E-state index contributed by atoms with van der Waals surface area (Å²) >= 11 is 3.10. The Morgan fingerprint density at radius 3 is 2.82 bits per heavy atom. The van der Waals surface area contributed by atoms with E-state index in [2.05, 4.69) is 26.2 Å². The topological polar surface area (TPSA) is 81.1 Å². The zero-order valence-corrected chi connectivity index (χ0v) is 11.8. The lowest BCUT2D eigenvalue weighted by Gasteiger charge is -2.06. The Morgan fingerprint density at radius 2 is 2.18 bits per heavy atom. The molecule has 1 heterocycles. The van der Waals surface area contributed by atoms with Gasteiger partial charge in [0, 0.05) is 32.1 Å². The molecule has 0 saturated heterocycles. The molecule has 0 aliphatic heterocycles. The van der Waals surface area contributed by atoms with Gasteiger partial charge >= 0.3 is 0 Å². The van der Waals surface area contributed by atoms with Crippen LogP contribution >= 0.6 is 15.9 Å². The summed E-state index contributed by atoms with van der Waals surface area (Å²) in [5.74, 6) is 0.0959. The van der Waals surface area contributed by atoms with Crippen LogP contribution in [0.3, 0.4) is 0 Å². The van der Waals surface area contributed by atoms with Gasteiger partial charge in [-0.05, 0) is 15.9 Å². The van der Waals surface area contributed by atoms with Crippen LogP contribution in [0, 0.1) is 0 Å². The van der Waals surface area contributed by atoms with E-state index in [0.717, 1.165) is 0 Å². The highest BCUT2D eigenvalue weighted by molar-refractivity contribution is 9.10. The van der Waals surface area contributed by atoms with Crippen LogP contribution in [0.5, 0.6) is 0 Å². The Bertz CT molecular complexity index is 527. The minimum atomic E-state index is -2.93. The third-order valence-electron chi connectivity index (χ3n) is 2.04. The van der Waals surface area contributed by atoms with Crippen molar-refractivity contribution in [2.24, 2.45) is 0 Å². The van der Waals surface area contributed by atoms with Crippen molar-refractivity contribution in [1.29, 1.82) is 0 Å². The van der Waals surface area contributed by atoms with Gasteiger partial charge in [0.15, 0.2) is 0 Å². The molecule has 0 unspecified atom stereocenters. The fourth-order valence-electron chi connectivity index (χ4n) is 1.17. The van der Waals surface area contributed by atoms with E-state index in [0.29, 0.717) is 24.1 Å². The summed E-state index contributed by atoms with van der Waals surface area (Å²) in [6.45, 7) is 1.36. The molecule has 96 valence electrons. The maximum Gasteiger partial charge on any atom is 0.267 e. The molecule has 1 aromatic heterocycles. The lowest BCUT2D eigenvalue weighted by Crippen LogP contribution is -2.30. The zero-order valence-electron chi connectivity index (χ0n) is 9.39. The maximum absolute atomic E-state index is 11.5. The predicted molar refractivity (Wildman–Crippen MR) is 68.8 cm³/mol. The van der Waals surface area contributed by atoms with Crippen molar-refractivity contribution < 1.29 is 8.42 Å². The molecule has 0 atom stereocenters. The second-order valence-electron chi connectivity index (χ2n) is 3.62. The quantitative estimate of drug-likeness (QED) is 0.723. The van der Waals surface area contributed by atoms with Gasteiger partial charge in [-0.15, -0.1) is 0 Å². The summed E-state index contributed by atoms with van der Waals surface area (Å²) in [4.78, 5) is 15.4. The number of rotatable bonds is 6. The minimum Gasteiger partial charge on any atom is -0.314 e. The van der Waals surface area contributed by atoms with Gasteiger partial charge in [-0.2, -0.15) is 0 Å². The fraction of sp³-hybridized carbons (Fsp3) is 0.556. The first-order valence-corrected chi connectivity index (χ1v) is 7.84. The van der Waals surface area contributed by atoms with E-state index in [1.807, 2.05) is 0 Å². The average molecular weight is 324 g/mol. The number of halogens is 1. The van der Waals surface area contributed by atoms with E-state index in [9.17, 15) is 13.2 Å². The van der Waals surface area contributed by atoms with E-state index in [1.54, 1.807) is 0 Å². The number of hydrogen-bond acceptors (Lipinski definition) is 5. The smallest absolute Gasteiger partial charge is 0.267 e. The highest BCUT2D eigenvalue weighted by Crippen LogP contribution is 1.97. The molecule has 0 amide bonds. The maximum atomic E-state index is 11.5. The third-order valence-corrected chi connectivity index (χ3v) is 3.53. The number of nitrogens with one attached hydrogen (secondary N) is 1. The number of hydrogen-bond donors (Lipinski definition) is 1. The molecule has 1 aromatic rings. The molecule has 0 aliphatic rings. The van der Waals surface area contributed by atoms with Crippen molar-refractivity contribution in [3.8, 4) is 0 Å². The normalized spacial score (nSPS) is 11.6. The molecule has 1 rings (SSSR count). The fourth-order valence-corrected chi connectivity index (χ4v) is 2.03. The number of nitrogens with zero attached hydrogens (tertiary/aromatic N) is 2. The van der Waals surface area contributed by atoms with Gasteiger partial charge in [-0.25, -0.2) is 13.4 Å². The Balaban J connectivity index is 2.37. The SMILES string of the molecule is CS(=O)(=O)CCNCCn1cncc(Br)c1=O. The van der Waals surface area contributed by atoms with Gasteiger partial charge in [0.25, 0.3) is 5.56 Å². The van der Waals surface area contributed by atoms with Gasteiger partial charge in [0.05, 0.1) is 12.1 Å². The minimum absolute atomic E-state index is 0.0959. The van der Waals surface area contributed by atoms with E-state index < -0.39 is 9.84 Å². The Kier molecular flexibility index (Phi) is 5.29. The number of aromatic nitrogens is 2. The molecule has 6 nitrogen and oxygen atoms in total. The molecule has 0 aliphatic carbocycles. The Hall–Kier alpha value is -0.730. The van der Waals surface area contributed by atoms with Crippen LogP contribution in [0.25, 0.3) is 0 Å². The first kappa shape index (κ1) is 14.3. The summed E-state index contributed by atoms with van der Waals surface area (Å²) in [5.41, 5.74) is -0.148. The van der Waals surface area contributed by atoms with Crippen LogP contribution in [-0.2, 0) is 16.4 Å². The molecule has 0 aromatic carbocycles. The summed E-state index contributed by atoms with van der Waals surface area (Å²) < 4.78 is 23.6. The first-order valence-electron chi connectivity index (χ1n) is 4.98. The van der Waals surface area contributed by atoms with Crippen LogP contribution < -0.4 is 10.9 Å². The van der Waals surface area contributed by atoms with Gasteiger partial charge in [0.1, 0.15) is 14.3 Å². The monoisotopic (exact) mass is 323 g/mol. The lowest BCUT2D eigenvalue weighted by molar-refractivity contribution is 0.576. The lowest BCUT2D eigenvalue weighted by atomic mass is 10.5. The predicted octanol–water partition coefficient (Wildman–Crippen LogP) is -0.360. The molecule has 0 radical (unpaired) electrons. The van der Waals surface area contributed by atoms with Crippen molar-refractivity contribution in [2.45, 2.75) is 6.54 Å². The second-order valence-corrected chi connectivity index (χ2v) is 6.73. The largest absolute Gasteiger partial charge is 0.314 e. The Morgan fingerprint density at radius 1 is 1.47 bits per heavy atom. The zero-order chi connectivity index (χ0) is 12.9. The van der Waals surface area contributed by atoms with Crippen molar-refractivity contribution >= 4 is 25.8 Å². The summed E-state index contributed by atoms with van der Waals surface area (Å²) in [6, 6.07) is 0.